The van der Waals surface area contributed by atoms with Crippen molar-refractivity contribution in [2.24, 2.45) is 9.98 Å². The zero-order valence-electron chi connectivity index (χ0n) is 18.8. The molecule has 0 aromatic heterocycles. The molecule has 0 fully saturated rings. The standard InChI is InChI=1S/C24H25N5O4S/c1-2-3-13-25-21(30)12-11-20-23(31)28-22(26-20)18-9-4-5-10-19(18)27-24(28)34-15-16-7-6-8-17(14-16)29(32)33/h4-10,14,20H,2-3,11-13,15H2,1H3,(H,25,30)/t20-/m0/s1. The number of hydrogen-bond acceptors (Lipinski definition) is 7. The van der Waals surface area contributed by atoms with Gasteiger partial charge in [0.05, 0.1) is 10.6 Å². The molecule has 1 N–H and O–H groups in total. The Morgan fingerprint density at radius 1 is 1.24 bits per heavy atom. The summed E-state index contributed by atoms with van der Waals surface area (Å²) in [6, 6.07) is 13.2. The van der Waals surface area contributed by atoms with Gasteiger partial charge in [-0.1, -0.05) is 49.4 Å². The van der Waals surface area contributed by atoms with Crippen LogP contribution in [0.5, 0.6) is 0 Å². The van der Waals surface area contributed by atoms with E-state index in [1.165, 1.54) is 28.8 Å². The summed E-state index contributed by atoms with van der Waals surface area (Å²) in [6.07, 6.45) is 2.46. The number of unbranched alkanes of at least 4 members (excludes halogenated alkanes) is 1. The minimum Gasteiger partial charge on any atom is -0.356 e. The van der Waals surface area contributed by atoms with Gasteiger partial charge in [-0.2, -0.15) is 0 Å². The van der Waals surface area contributed by atoms with Crippen molar-refractivity contribution in [3.8, 4) is 0 Å². The molecular formula is C24H25N5O4S. The lowest BCUT2D eigenvalue weighted by atomic mass is 10.1. The fourth-order valence-electron chi connectivity index (χ4n) is 3.76. The maximum atomic E-state index is 13.3. The molecule has 4 rings (SSSR count). The van der Waals surface area contributed by atoms with Gasteiger partial charge in [0, 0.05) is 36.4 Å². The van der Waals surface area contributed by atoms with Crippen molar-refractivity contribution in [1.82, 2.24) is 10.2 Å². The van der Waals surface area contributed by atoms with Crippen molar-refractivity contribution in [1.29, 1.82) is 0 Å². The molecule has 0 radical (unpaired) electrons. The normalized spacial score (nSPS) is 16.4. The van der Waals surface area contributed by atoms with Gasteiger partial charge in [0.1, 0.15) is 11.9 Å². The van der Waals surface area contributed by atoms with E-state index in [9.17, 15) is 19.7 Å². The molecule has 0 unspecified atom stereocenters. The van der Waals surface area contributed by atoms with Crippen molar-refractivity contribution in [3.63, 3.8) is 0 Å². The lowest BCUT2D eigenvalue weighted by Gasteiger charge is -2.25. The molecule has 10 heteroatoms. The highest BCUT2D eigenvalue weighted by molar-refractivity contribution is 8.13. The Balaban J connectivity index is 1.51. The van der Waals surface area contributed by atoms with Crippen LogP contribution in [0.3, 0.4) is 0 Å². The number of thioether (sulfide) groups is 1. The van der Waals surface area contributed by atoms with Crippen molar-refractivity contribution < 1.29 is 14.5 Å². The van der Waals surface area contributed by atoms with Crippen molar-refractivity contribution in [2.75, 3.05) is 6.54 Å². The van der Waals surface area contributed by atoms with Crippen LogP contribution in [0.1, 0.15) is 43.7 Å². The zero-order valence-corrected chi connectivity index (χ0v) is 19.6. The van der Waals surface area contributed by atoms with Gasteiger partial charge in [-0.05, 0) is 30.5 Å². The van der Waals surface area contributed by atoms with Gasteiger partial charge >= 0.3 is 0 Å². The summed E-state index contributed by atoms with van der Waals surface area (Å²) in [6.45, 7) is 2.69. The Bertz CT molecular complexity index is 1180. The molecule has 2 amide bonds. The number of carbonyl (C=O) groups is 2. The molecular weight excluding hydrogens is 454 g/mol. The number of aliphatic imine (C=N–C) groups is 2. The molecule has 0 bridgehead atoms. The van der Waals surface area contributed by atoms with Crippen LogP contribution in [-0.2, 0) is 15.3 Å². The Labute approximate surface area is 201 Å². The molecule has 9 nitrogen and oxygen atoms in total. The topological polar surface area (TPSA) is 117 Å². The average molecular weight is 480 g/mol. The maximum Gasteiger partial charge on any atom is 0.269 e. The van der Waals surface area contributed by atoms with Gasteiger partial charge in [-0.25, -0.2) is 9.89 Å². The van der Waals surface area contributed by atoms with Crippen LogP contribution >= 0.6 is 11.8 Å². The lowest BCUT2D eigenvalue weighted by Crippen LogP contribution is -2.41. The first-order valence-corrected chi connectivity index (χ1v) is 12.2. The molecule has 0 aliphatic carbocycles. The summed E-state index contributed by atoms with van der Waals surface area (Å²) in [5.74, 6) is 0.648. The highest BCUT2D eigenvalue weighted by atomic mass is 32.2. The summed E-state index contributed by atoms with van der Waals surface area (Å²) >= 11 is 1.33. The van der Waals surface area contributed by atoms with E-state index < -0.39 is 11.0 Å². The van der Waals surface area contributed by atoms with E-state index in [2.05, 4.69) is 22.2 Å². The first-order valence-electron chi connectivity index (χ1n) is 11.2. The zero-order chi connectivity index (χ0) is 24.1. The molecule has 0 spiro atoms. The monoisotopic (exact) mass is 479 g/mol. The third-order valence-electron chi connectivity index (χ3n) is 5.53. The first kappa shape index (κ1) is 23.6. The van der Waals surface area contributed by atoms with Crippen LogP contribution in [0.2, 0.25) is 0 Å². The minimum atomic E-state index is -0.651. The quantitative estimate of drug-likeness (QED) is 0.329. The smallest absolute Gasteiger partial charge is 0.269 e. The molecule has 2 aromatic carbocycles. The van der Waals surface area contributed by atoms with Crippen LogP contribution < -0.4 is 5.32 Å². The number of amides is 2. The highest BCUT2D eigenvalue weighted by Gasteiger charge is 2.41. The second-order valence-electron chi connectivity index (χ2n) is 8.01. The molecule has 176 valence electrons. The lowest BCUT2D eigenvalue weighted by molar-refractivity contribution is -0.384. The van der Waals surface area contributed by atoms with Crippen molar-refractivity contribution in [2.45, 2.75) is 44.4 Å². The Hall–Kier alpha value is -3.53. The third kappa shape index (κ3) is 5.17. The van der Waals surface area contributed by atoms with E-state index in [0.717, 1.165) is 24.0 Å². The SMILES string of the molecule is CCCCNC(=O)CC[C@@H]1N=C2c3ccccc3N=C(SCc3cccc([N+](=O)[O-])c3)N2C1=O. The molecule has 0 saturated heterocycles. The number of nitro groups is 1. The van der Waals surface area contributed by atoms with E-state index >= 15 is 0 Å². The van der Waals surface area contributed by atoms with E-state index in [4.69, 9.17) is 0 Å². The van der Waals surface area contributed by atoms with Gasteiger partial charge in [-0.15, -0.1) is 0 Å². The molecule has 2 heterocycles. The number of non-ortho nitro benzene ring substituents is 1. The minimum absolute atomic E-state index is 0.0193. The number of nitro benzene ring substituents is 1. The van der Waals surface area contributed by atoms with Gasteiger partial charge < -0.3 is 5.32 Å². The average Bonchev–Trinajstić information content (AvgIpc) is 3.18. The van der Waals surface area contributed by atoms with Crippen LogP contribution in [0.15, 0.2) is 58.5 Å². The maximum absolute atomic E-state index is 13.3. The summed E-state index contributed by atoms with van der Waals surface area (Å²) < 4.78 is 0. The molecule has 2 aliphatic rings. The number of hydrogen-bond donors (Lipinski definition) is 1. The summed E-state index contributed by atoms with van der Waals surface area (Å²) in [4.78, 5) is 46.9. The number of amidine groups is 2. The number of para-hydroxylation sites is 1. The molecule has 2 aromatic rings. The second kappa shape index (κ2) is 10.6. The van der Waals surface area contributed by atoms with Crippen LogP contribution in [0.4, 0.5) is 11.4 Å². The summed E-state index contributed by atoms with van der Waals surface area (Å²) in [5, 5.41) is 14.4. The number of fused-ring (bicyclic) bond motifs is 3. The number of benzene rings is 2. The number of carbonyl (C=O) groups excluding carboxylic acids is 2. The van der Waals surface area contributed by atoms with Crippen LogP contribution in [0.25, 0.3) is 0 Å². The van der Waals surface area contributed by atoms with Gasteiger partial charge in [0.2, 0.25) is 5.91 Å². The van der Waals surface area contributed by atoms with Crippen molar-refractivity contribution in [3.05, 3.63) is 69.8 Å². The Morgan fingerprint density at radius 2 is 2.06 bits per heavy atom. The largest absolute Gasteiger partial charge is 0.356 e. The first-order chi connectivity index (χ1) is 16.5. The molecule has 0 saturated carbocycles. The molecule has 2 aliphatic heterocycles. The molecule has 1 atom stereocenters. The number of nitrogens with one attached hydrogen (secondary N) is 1. The fraction of sp³-hybridized carbons (Fsp3) is 0.333. The van der Waals surface area contributed by atoms with Crippen molar-refractivity contribution >= 4 is 46.0 Å². The van der Waals surface area contributed by atoms with E-state index in [-0.39, 0.29) is 23.9 Å². The van der Waals surface area contributed by atoms with Gasteiger partial charge in [-0.3, -0.25) is 24.7 Å². The van der Waals surface area contributed by atoms with E-state index in [1.807, 2.05) is 24.3 Å². The summed E-state index contributed by atoms with van der Waals surface area (Å²) in [5.41, 5.74) is 2.26. The second-order valence-corrected chi connectivity index (χ2v) is 8.95. The van der Waals surface area contributed by atoms with E-state index in [1.54, 1.807) is 12.1 Å². The Kier molecular flexibility index (Phi) is 7.36. The molecule has 34 heavy (non-hydrogen) atoms. The fourth-order valence-corrected chi connectivity index (χ4v) is 4.70. The number of nitrogens with zero attached hydrogens (tertiary/aromatic N) is 4. The van der Waals surface area contributed by atoms with E-state index in [0.29, 0.717) is 35.4 Å². The van der Waals surface area contributed by atoms with Crippen LogP contribution in [0, 0.1) is 10.1 Å². The van der Waals surface area contributed by atoms with Gasteiger partial charge in [0.25, 0.3) is 11.6 Å². The predicted molar refractivity (Wildman–Crippen MR) is 132 cm³/mol. The summed E-state index contributed by atoms with van der Waals surface area (Å²) in [7, 11) is 0. The highest BCUT2D eigenvalue weighted by Crippen LogP contribution is 2.35. The third-order valence-corrected chi connectivity index (χ3v) is 6.54. The van der Waals surface area contributed by atoms with Crippen LogP contribution in [-0.4, -0.2) is 45.2 Å². The number of rotatable bonds is 9. The predicted octanol–water partition coefficient (Wildman–Crippen LogP) is 4.18. The van der Waals surface area contributed by atoms with Gasteiger partial charge in [0.15, 0.2) is 5.17 Å². The Morgan fingerprint density at radius 3 is 2.85 bits per heavy atom.